The monoisotopic (exact) mass is 268 g/mol. The molecular weight excluding hydrogens is 248 g/mol. The van der Waals surface area contributed by atoms with Crippen LogP contribution in [0.1, 0.15) is 32.4 Å². The molecule has 1 aromatic carbocycles. The van der Waals surface area contributed by atoms with Gasteiger partial charge in [0.05, 0.1) is 6.54 Å². The quantitative estimate of drug-likeness (QED) is 0.724. The number of carbonyl (C=O) groups is 1. The number of rotatable bonds is 4. The predicted molar refractivity (Wildman–Crippen MR) is 70.4 cm³/mol. The highest BCUT2D eigenvalue weighted by molar-refractivity contribution is 5.67. The molecule has 0 aliphatic heterocycles. The first-order valence-corrected chi connectivity index (χ1v) is 5.93. The van der Waals surface area contributed by atoms with E-state index in [1.807, 2.05) is 0 Å². The van der Waals surface area contributed by atoms with Crippen LogP contribution in [0.4, 0.5) is 4.79 Å². The molecule has 0 fully saturated rings. The zero-order valence-electron chi connectivity index (χ0n) is 11.3. The van der Waals surface area contributed by atoms with E-state index in [9.17, 15) is 9.90 Å². The molecule has 0 aliphatic carbocycles. The largest absolute Gasteiger partial charge is 0.508 e. The molecule has 0 aromatic heterocycles. The summed E-state index contributed by atoms with van der Waals surface area (Å²) in [5, 5.41) is 11.8. The van der Waals surface area contributed by atoms with Crippen molar-refractivity contribution in [3.63, 3.8) is 0 Å². The van der Waals surface area contributed by atoms with E-state index in [4.69, 9.17) is 15.5 Å². The number of carbonyl (C=O) groups excluding carboxylic acids is 1. The molecule has 106 valence electrons. The first-order chi connectivity index (χ1) is 8.81. The Bertz CT molecular complexity index is 412. The van der Waals surface area contributed by atoms with E-state index in [0.717, 1.165) is 5.56 Å². The van der Waals surface area contributed by atoms with Crippen LogP contribution < -0.4 is 11.2 Å². The third-order valence-corrected chi connectivity index (χ3v) is 2.26. The molecule has 1 unspecified atom stereocenters. The average Bonchev–Trinajstić information content (AvgIpc) is 2.29. The third kappa shape index (κ3) is 5.58. The van der Waals surface area contributed by atoms with Crippen LogP contribution in [-0.2, 0) is 9.57 Å². The molecule has 4 N–H and O–H groups in total. The lowest BCUT2D eigenvalue weighted by Gasteiger charge is -2.21. The van der Waals surface area contributed by atoms with Gasteiger partial charge in [0, 0.05) is 0 Å². The number of nitrogens with two attached hydrogens (primary N) is 1. The first kappa shape index (κ1) is 15.3. The fourth-order valence-electron chi connectivity index (χ4n) is 1.42. The van der Waals surface area contributed by atoms with E-state index in [-0.39, 0.29) is 12.3 Å². The molecule has 6 heteroatoms. The fraction of sp³-hybridized carbons (Fsp3) is 0.462. The van der Waals surface area contributed by atoms with Crippen molar-refractivity contribution in [1.82, 2.24) is 5.32 Å². The Morgan fingerprint density at radius 3 is 2.42 bits per heavy atom. The maximum absolute atomic E-state index is 11.5. The highest BCUT2D eigenvalue weighted by atomic mass is 16.6. The molecule has 6 nitrogen and oxygen atoms in total. The van der Waals surface area contributed by atoms with E-state index < -0.39 is 17.8 Å². The molecule has 0 saturated carbocycles. The summed E-state index contributed by atoms with van der Waals surface area (Å²) in [5.41, 5.74) is 0.193. The highest BCUT2D eigenvalue weighted by Gasteiger charge is 2.18. The number of phenols is 1. The van der Waals surface area contributed by atoms with Gasteiger partial charge in [-0.1, -0.05) is 12.1 Å². The third-order valence-electron chi connectivity index (χ3n) is 2.26. The van der Waals surface area contributed by atoms with Crippen molar-refractivity contribution >= 4 is 6.09 Å². The molecule has 0 aliphatic rings. The van der Waals surface area contributed by atoms with E-state index in [1.54, 1.807) is 32.9 Å². The summed E-state index contributed by atoms with van der Waals surface area (Å²) in [7, 11) is 0. The molecule has 0 spiro atoms. The molecule has 1 atom stereocenters. The molecule has 1 aromatic rings. The van der Waals surface area contributed by atoms with Gasteiger partial charge in [0.25, 0.3) is 0 Å². The Kier molecular flexibility index (Phi) is 5.14. The summed E-state index contributed by atoms with van der Waals surface area (Å²) in [6.45, 7) is 5.52. The Morgan fingerprint density at radius 1 is 1.37 bits per heavy atom. The van der Waals surface area contributed by atoms with Crippen molar-refractivity contribution in [3.05, 3.63) is 29.8 Å². The van der Waals surface area contributed by atoms with Crippen LogP contribution in [0.15, 0.2) is 24.3 Å². The molecule has 0 heterocycles. The van der Waals surface area contributed by atoms with E-state index >= 15 is 0 Å². The van der Waals surface area contributed by atoms with Gasteiger partial charge in [0.1, 0.15) is 17.5 Å². The van der Waals surface area contributed by atoms with Gasteiger partial charge < -0.3 is 15.2 Å². The Labute approximate surface area is 112 Å². The first-order valence-electron chi connectivity index (χ1n) is 5.93. The smallest absolute Gasteiger partial charge is 0.407 e. The standard InChI is InChI=1S/C13H20N2O4/c1-13(2,3)18-12(17)15-8-11(19-14)9-4-6-10(16)7-5-9/h4-7,11,16H,8,14H2,1-3H3,(H,15,17). The number of phenolic OH excluding ortho intramolecular Hbond substituents is 1. The highest BCUT2D eigenvalue weighted by Crippen LogP contribution is 2.18. The van der Waals surface area contributed by atoms with Crippen LogP contribution in [0.2, 0.25) is 0 Å². The van der Waals surface area contributed by atoms with Crippen LogP contribution in [-0.4, -0.2) is 23.3 Å². The lowest BCUT2D eigenvalue weighted by atomic mass is 10.1. The van der Waals surface area contributed by atoms with Crippen molar-refractivity contribution in [3.8, 4) is 5.75 Å². The Balaban J connectivity index is 2.54. The fourth-order valence-corrected chi connectivity index (χ4v) is 1.42. The summed E-state index contributed by atoms with van der Waals surface area (Å²) in [6.07, 6.45) is -1.04. The Hall–Kier alpha value is -1.79. The lowest BCUT2D eigenvalue weighted by molar-refractivity contribution is 0.0340. The van der Waals surface area contributed by atoms with Crippen molar-refractivity contribution in [2.24, 2.45) is 5.90 Å². The van der Waals surface area contributed by atoms with Crippen molar-refractivity contribution < 1.29 is 19.5 Å². The normalized spacial score (nSPS) is 12.8. The average molecular weight is 268 g/mol. The van der Waals surface area contributed by atoms with Gasteiger partial charge in [-0.25, -0.2) is 10.7 Å². The van der Waals surface area contributed by atoms with Gasteiger partial charge in [-0.2, -0.15) is 0 Å². The second kappa shape index (κ2) is 6.40. The molecule has 19 heavy (non-hydrogen) atoms. The number of hydrogen-bond acceptors (Lipinski definition) is 5. The predicted octanol–water partition coefficient (Wildman–Crippen LogP) is 1.85. The Morgan fingerprint density at radius 2 is 1.95 bits per heavy atom. The van der Waals surface area contributed by atoms with Gasteiger partial charge in [0.15, 0.2) is 0 Å². The topological polar surface area (TPSA) is 93.8 Å². The maximum atomic E-state index is 11.5. The minimum Gasteiger partial charge on any atom is -0.508 e. The van der Waals surface area contributed by atoms with Gasteiger partial charge in [-0.15, -0.1) is 0 Å². The van der Waals surface area contributed by atoms with Crippen molar-refractivity contribution in [2.75, 3.05) is 6.54 Å². The van der Waals surface area contributed by atoms with Crippen LogP contribution in [0.25, 0.3) is 0 Å². The summed E-state index contributed by atoms with van der Waals surface area (Å²) >= 11 is 0. The minimum absolute atomic E-state index is 0.152. The number of benzene rings is 1. The zero-order valence-corrected chi connectivity index (χ0v) is 11.3. The number of nitrogens with one attached hydrogen (secondary N) is 1. The van der Waals surface area contributed by atoms with Gasteiger partial charge in [-0.05, 0) is 38.5 Å². The van der Waals surface area contributed by atoms with Gasteiger partial charge in [0.2, 0.25) is 0 Å². The molecule has 0 bridgehead atoms. The van der Waals surface area contributed by atoms with E-state index in [0.29, 0.717) is 0 Å². The molecule has 0 radical (unpaired) electrons. The number of amides is 1. The molecule has 1 rings (SSSR count). The summed E-state index contributed by atoms with van der Waals surface area (Å²) in [4.78, 5) is 16.3. The van der Waals surface area contributed by atoms with Crippen molar-refractivity contribution in [2.45, 2.75) is 32.5 Å². The molecular formula is C13H20N2O4. The number of hydrogen-bond donors (Lipinski definition) is 3. The summed E-state index contributed by atoms with van der Waals surface area (Å²) in [5.74, 6) is 5.35. The number of aromatic hydroxyl groups is 1. The van der Waals surface area contributed by atoms with Crippen LogP contribution in [0, 0.1) is 0 Å². The molecule has 0 saturated heterocycles. The summed E-state index contributed by atoms with van der Waals surface area (Å²) < 4.78 is 5.10. The van der Waals surface area contributed by atoms with Crippen LogP contribution >= 0.6 is 0 Å². The number of ether oxygens (including phenoxy) is 1. The lowest BCUT2D eigenvalue weighted by Crippen LogP contribution is -2.35. The molecule has 1 amide bonds. The SMILES string of the molecule is CC(C)(C)OC(=O)NCC(ON)c1ccc(O)cc1. The number of alkyl carbamates (subject to hydrolysis) is 1. The zero-order chi connectivity index (χ0) is 14.5. The van der Waals surface area contributed by atoms with Crippen LogP contribution in [0.3, 0.4) is 0 Å². The van der Waals surface area contributed by atoms with Gasteiger partial charge in [-0.3, -0.25) is 4.84 Å². The van der Waals surface area contributed by atoms with Gasteiger partial charge >= 0.3 is 6.09 Å². The second-order valence-corrected chi connectivity index (χ2v) is 5.10. The van der Waals surface area contributed by atoms with Crippen LogP contribution in [0.5, 0.6) is 5.75 Å². The maximum Gasteiger partial charge on any atom is 0.407 e. The minimum atomic E-state index is -0.554. The van der Waals surface area contributed by atoms with Crippen molar-refractivity contribution in [1.29, 1.82) is 0 Å². The summed E-state index contributed by atoms with van der Waals surface area (Å²) in [6, 6.07) is 6.39. The van der Waals surface area contributed by atoms with E-state index in [1.165, 1.54) is 12.1 Å². The second-order valence-electron chi connectivity index (χ2n) is 5.10. The van der Waals surface area contributed by atoms with E-state index in [2.05, 4.69) is 5.32 Å².